The number of halogens is 1. The Labute approximate surface area is 103 Å². The van der Waals surface area contributed by atoms with E-state index < -0.39 is 0 Å². The van der Waals surface area contributed by atoms with Crippen LogP contribution in [-0.2, 0) is 6.42 Å². The molecule has 0 bridgehead atoms. The van der Waals surface area contributed by atoms with Crippen molar-refractivity contribution >= 4 is 11.6 Å². The predicted octanol–water partition coefficient (Wildman–Crippen LogP) is 0.859. The van der Waals surface area contributed by atoms with E-state index in [-0.39, 0.29) is 6.61 Å². The van der Waals surface area contributed by atoms with Crippen LogP contribution in [0.1, 0.15) is 5.82 Å². The molecular weight excluding hydrogens is 244 g/mol. The topological polar surface area (TPSA) is 73.1 Å². The number of hydrogen-bond donors (Lipinski definition) is 1. The van der Waals surface area contributed by atoms with E-state index in [2.05, 4.69) is 15.4 Å². The Morgan fingerprint density at radius 1 is 1.47 bits per heavy atom. The SMILES string of the molecule is COc1ccc(Cl)cc1-n1nnc(CCO)n1. The van der Waals surface area contributed by atoms with Gasteiger partial charge in [0.05, 0.1) is 13.7 Å². The van der Waals surface area contributed by atoms with Gasteiger partial charge < -0.3 is 9.84 Å². The highest BCUT2D eigenvalue weighted by Crippen LogP contribution is 2.24. The Kier molecular flexibility index (Phi) is 3.55. The van der Waals surface area contributed by atoms with Gasteiger partial charge in [-0.1, -0.05) is 11.6 Å². The zero-order chi connectivity index (χ0) is 12.3. The van der Waals surface area contributed by atoms with Gasteiger partial charge in [0.25, 0.3) is 0 Å². The monoisotopic (exact) mass is 254 g/mol. The zero-order valence-corrected chi connectivity index (χ0v) is 9.92. The van der Waals surface area contributed by atoms with E-state index in [1.165, 1.54) is 4.80 Å². The predicted molar refractivity (Wildman–Crippen MR) is 61.5 cm³/mol. The van der Waals surface area contributed by atoms with Crippen LogP contribution >= 0.6 is 11.6 Å². The van der Waals surface area contributed by atoms with Crippen molar-refractivity contribution in [3.8, 4) is 11.4 Å². The number of hydrogen-bond acceptors (Lipinski definition) is 5. The summed E-state index contributed by atoms with van der Waals surface area (Å²) >= 11 is 5.91. The van der Waals surface area contributed by atoms with Crippen LogP contribution in [0, 0.1) is 0 Å². The molecule has 1 aromatic heterocycles. The second kappa shape index (κ2) is 5.11. The van der Waals surface area contributed by atoms with Crippen LogP contribution < -0.4 is 4.74 Å². The number of rotatable bonds is 4. The average Bonchev–Trinajstić information content (AvgIpc) is 2.78. The molecule has 0 unspecified atom stereocenters. The summed E-state index contributed by atoms with van der Waals surface area (Å²) in [4.78, 5) is 1.33. The maximum Gasteiger partial charge on any atom is 0.177 e. The number of aliphatic hydroxyl groups excluding tert-OH is 1. The first-order valence-electron chi connectivity index (χ1n) is 4.98. The maximum absolute atomic E-state index is 8.78. The van der Waals surface area contributed by atoms with E-state index in [0.29, 0.717) is 28.7 Å². The Morgan fingerprint density at radius 2 is 2.29 bits per heavy atom. The van der Waals surface area contributed by atoms with Gasteiger partial charge in [0.15, 0.2) is 5.82 Å². The minimum absolute atomic E-state index is 0.0155. The summed E-state index contributed by atoms with van der Waals surface area (Å²) in [6, 6.07) is 5.13. The molecule has 1 aromatic carbocycles. The highest BCUT2D eigenvalue weighted by Gasteiger charge is 2.10. The molecule has 0 saturated carbocycles. The Morgan fingerprint density at radius 3 is 3.00 bits per heavy atom. The molecule has 0 aliphatic heterocycles. The number of ether oxygens (including phenoxy) is 1. The van der Waals surface area contributed by atoms with Crippen LogP contribution in [0.4, 0.5) is 0 Å². The van der Waals surface area contributed by atoms with E-state index in [1.807, 2.05) is 0 Å². The van der Waals surface area contributed by atoms with E-state index in [1.54, 1.807) is 25.3 Å². The third-order valence-electron chi connectivity index (χ3n) is 2.15. The number of benzene rings is 1. The van der Waals surface area contributed by atoms with Gasteiger partial charge in [0.1, 0.15) is 11.4 Å². The lowest BCUT2D eigenvalue weighted by Gasteiger charge is -2.06. The van der Waals surface area contributed by atoms with Crippen LogP contribution in [0.5, 0.6) is 5.75 Å². The molecule has 6 nitrogen and oxygen atoms in total. The van der Waals surface area contributed by atoms with Crippen molar-refractivity contribution in [2.24, 2.45) is 0 Å². The van der Waals surface area contributed by atoms with Crippen molar-refractivity contribution in [3.63, 3.8) is 0 Å². The number of aliphatic hydroxyl groups is 1. The molecule has 0 saturated heterocycles. The molecule has 0 radical (unpaired) electrons. The minimum atomic E-state index is -0.0155. The summed E-state index contributed by atoms with van der Waals surface area (Å²) in [5, 5.41) is 21.1. The molecule has 0 fully saturated rings. The first kappa shape index (κ1) is 11.8. The van der Waals surface area contributed by atoms with Crippen LogP contribution in [0.25, 0.3) is 5.69 Å². The Bertz CT molecular complexity index is 515. The third kappa shape index (κ3) is 2.54. The fourth-order valence-corrected chi connectivity index (χ4v) is 1.53. The van der Waals surface area contributed by atoms with Crippen molar-refractivity contribution in [1.82, 2.24) is 20.2 Å². The molecule has 0 amide bonds. The Balaban J connectivity index is 2.40. The van der Waals surface area contributed by atoms with Gasteiger partial charge in [-0.3, -0.25) is 0 Å². The number of aromatic nitrogens is 4. The molecule has 2 rings (SSSR count). The fraction of sp³-hybridized carbons (Fsp3) is 0.300. The van der Waals surface area contributed by atoms with Gasteiger partial charge in [0.2, 0.25) is 0 Å². The van der Waals surface area contributed by atoms with Gasteiger partial charge in [-0.15, -0.1) is 15.0 Å². The lowest BCUT2D eigenvalue weighted by molar-refractivity contribution is 0.296. The second-order valence-electron chi connectivity index (χ2n) is 3.28. The molecule has 0 atom stereocenters. The average molecular weight is 255 g/mol. The third-order valence-corrected chi connectivity index (χ3v) is 2.38. The van der Waals surface area contributed by atoms with E-state index in [9.17, 15) is 0 Å². The fourth-order valence-electron chi connectivity index (χ4n) is 1.36. The molecule has 1 heterocycles. The minimum Gasteiger partial charge on any atom is -0.494 e. The Hall–Kier alpha value is -1.66. The maximum atomic E-state index is 8.78. The summed E-state index contributed by atoms with van der Waals surface area (Å²) in [6.07, 6.45) is 0.364. The normalized spacial score (nSPS) is 10.5. The number of nitrogens with zero attached hydrogens (tertiary/aromatic N) is 4. The lowest BCUT2D eigenvalue weighted by Crippen LogP contribution is -2.02. The van der Waals surface area contributed by atoms with Gasteiger partial charge >= 0.3 is 0 Å². The molecular formula is C10H11ClN4O2. The molecule has 90 valence electrons. The van der Waals surface area contributed by atoms with Crippen molar-refractivity contribution in [3.05, 3.63) is 29.0 Å². The molecule has 1 N–H and O–H groups in total. The number of methoxy groups -OCH3 is 1. The summed E-state index contributed by atoms with van der Waals surface area (Å²) in [7, 11) is 1.55. The molecule has 17 heavy (non-hydrogen) atoms. The highest BCUT2D eigenvalue weighted by atomic mass is 35.5. The van der Waals surface area contributed by atoms with Crippen LogP contribution in [-0.4, -0.2) is 39.0 Å². The summed E-state index contributed by atoms with van der Waals surface area (Å²) in [5.41, 5.74) is 0.608. The van der Waals surface area contributed by atoms with Gasteiger partial charge in [-0.25, -0.2) is 0 Å². The van der Waals surface area contributed by atoms with E-state index in [4.69, 9.17) is 21.4 Å². The first-order valence-corrected chi connectivity index (χ1v) is 5.36. The van der Waals surface area contributed by atoms with Crippen LogP contribution in [0.15, 0.2) is 18.2 Å². The van der Waals surface area contributed by atoms with Gasteiger partial charge in [-0.05, 0) is 23.4 Å². The van der Waals surface area contributed by atoms with Crippen LogP contribution in [0.2, 0.25) is 5.02 Å². The van der Waals surface area contributed by atoms with Gasteiger partial charge in [-0.2, -0.15) is 0 Å². The molecule has 0 spiro atoms. The zero-order valence-electron chi connectivity index (χ0n) is 9.17. The summed E-state index contributed by atoms with van der Waals surface area (Å²) in [6.45, 7) is -0.0155. The second-order valence-corrected chi connectivity index (χ2v) is 3.72. The molecule has 7 heteroatoms. The number of tetrazole rings is 1. The van der Waals surface area contributed by atoms with Gasteiger partial charge in [0, 0.05) is 11.4 Å². The van der Waals surface area contributed by atoms with Crippen molar-refractivity contribution in [2.45, 2.75) is 6.42 Å². The standard InChI is InChI=1S/C10H11ClN4O2/c1-17-9-3-2-7(11)6-8(9)15-13-10(4-5-16)12-14-15/h2-3,6,16H,4-5H2,1H3. The first-order chi connectivity index (χ1) is 8.24. The van der Waals surface area contributed by atoms with Crippen molar-refractivity contribution < 1.29 is 9.84 Å². The molecule has 0 aliphatic rings. The lowest BCUT2D eigenvalue weighted by atomic mass is 10.3. The smallest absolute Gasteiger partial charge is 0.177 e. The van der Waals surface area contributed by atoms with Crippen molar-refractivity contribution in [1.29, 1.82) is 0 Å². The van der Waals surface area contributed by atoms with Crippen LogP contribution in [0.3, 0.4) is 0 Å². The van der Waals surface area contributed by atoms with E-state index >= 15 is 0 Å². The largest absolute Gasteiger partial charge is 0.494 e. The highest BCUT2D eigenvalue weighted by molar-refractivity contribution is 6.30. The van der Waals surface area contributed by atoms with Crippen molar-refractivity contribution in [2.75, 3.05) is 13.7 Å². The molecule has 0 aliphatic carbocycles. The summed E-state index contributed by atoms with van der Waals surface area (Å²) < 4.78 is 5.19. The quantitative estimate of drug-likeness (QED) is 0.876. The summed E-state index contributed by atoms with van der Waals surface area (Å²) in [5.74, 6) is 1.07. The van der Waals surface area contributed by atoms with E-state index in [0.717, 1.165) is 0 Å². The molecule has 2 aromatic rings.